The highest BCUT2D eigenvalue weighted by Crippen LogP contribution is 2.23. The van der Waals surface area contributed by atoms with Gasteiger partial charge in [0.2, 0.25) is 0 Å². The van der Waals surface area contributed by atoms with Crippen LogP contribution in [-0.2, 0) is 11.2 Å². The molecule has 3 heterocycles. The van der Waals surface area contributed by atoms with E-state index in [2.05, 4.69) is 17.2 Å². The van der Waals surface area contributed by atoms with Crippen LogP contribution in [-0.4, -0.2) is 28.3 Å². The van der Waals surface area contributed by atoms with E-state index < -0.39 is 0 Å². The fourth-order valence-electron chi connectivity index (χ4n) is 3.03. The summed E-state index contributed by atoms with van der Waals surface area (Å²) in [6.45, 7) is 4.40. The number of hydrogen-bond donors (Lipinski definition) is 1. The molecule has 1 aliphatic rings. The van der Waals surface area contributed by atoms with Gasteiger partial charge in [-0.1, -0.05) is 6.92 Å². The van der Waals surface area contributed by atoms with Gasteiger partial charge in [-0.3, -0.25) is 9.20 Å². The van der Waals surface area contributed by atoms with E-state index in [0.29, 0.717) is 30.5 Å². The molecule has 0 aliphatic carbocycles. The summed E-state index contributed by atoms with van der Waals surface area (Å²) in [5.41, 5.74) is 0.899. The second kappa shape index (κ2) is 6.06. The van der Waals surface area contributed by atoms with Crippen molar-refractivity contribution in [3.63, 3.8) is 0 Å². The van der Waals surface area contributed by atoms with Crippen LogP contribution in [0.15, 0.2) is 17.8 Å². The second-order valence-corrected chi connectivity index (χ2v) is 6.70. The van der Waals surface area contributed by atoms with E-state index in [0.717, 1.165) is 23.7 Å². The molecule has 0 amide bonds. The molecule has 1 saturated heterocycles. The predicted octanol–water partition coefficient (Wildman–Crippen LogP) is 2.53. The van der Waals surface area contributed by atoms with Crippen molar-refractivity contribution in [3.05, 3.63) is 23.5 Å². The maximum atomic E-state index is 12.2. The molecule has 20 heavy (non-hydrogen) atoms. The Morgan fingerprint density at radius 3 is 3.30 bits per heavy atom. The van der Waals surface area contributed by atoms with Crippen molar-refractivity contribution in [2.75, 3.05) is 13.1 Å². The Labute approximate surface area is 123 Å². The van der Waals surface area contributed by atoms with Gasteiger partial charge in [0.15, 0.2) is 4.96 Å². The molecule has 1 aliphatic heterocycles. The van der Waals surface area contributed by atoms with E-state index >= 15 is 0 Å². The summed E-state index contributed by atoms with van der Waals surface area (Å²) in [6.07, 6.45) is 7.59. The maximum absolute atomic E-state index is 12.2. The fourth-order valence-corrected chi connectivity index (χ4v) is 3.74. The van der Waals surface area contributed by atoms with E-state index in [-0.39, 0.29) is 0 Å². The monoisotopic (exact) mass is 291 g/mol. The van der Waals surface area contributed by atoms with Gasteiger partial charge in [-0.25, -0.2) is 4.98 Å². The van der Waals surface area contributed by atoms with Gasteiger partial charge in [-0.2, -0.15) is 0 Å². The summed E-state index contributed by atoms with van der Waals surface area (Å²) >= 11 is 1.60. The molecular formula is C15H21N3OS. The number of Topliss-reactive ketones (excluding diaryl/α,β-unsaturated/α-hetero) is 1. The van der Waals surface area contributed by atoms with Crippen LogP contribution in [0.3, 0.4) is 0 Å². The maximum Gasteiger partial charge on any atom is 0.193 e. The van der Waals surface area contributed by atoms with Crippen LogP contribution < -0.4 is 5.32 Å². The molecule has 2 atom stereocenters. The number of carbonyl (C=O) groups is 1. The van der Waals surface area contributed by atoms with Crippen molar-refractivity contribution < 1.29 is 4.79 Å². The Bertz CT molecular complexity index is 554. The number of fused-ring (bicyclic) bond motifs is 1. The molecule has 2 aromatic rings. The molecule has 5 heteroatoms. The number of thiazole rings is 1. The largest absolute Gasteiger partial charge is 0.316 e. The average Bonchev–Trinajstić information content (AvgIpc) is 3.00. The number of piperidine rings is 1. The standard InChI is InChI=1S/C15H21N3OS/c1-11(12-3-2-4-16-9-12)7-14(19)8-13-10-18-5-6-20-15(18)17-13/h5-6,10-12,16H,2-4,7-9H2,1H3. The number of aromatic nitrogens is 2. The van der Waals surface area contributed by atoms with Gasteiger partial charge in [-0.15, -0.1) is 11.3 Å². The molecule has 0 aromatic carbocycles. The molecule has 0 bridgehead atoms. The minimum Gasteiger partial charge on any atom is -0.316 e. The predicted molar refractivity (Wildman–Crippen MR) is 81.2 cm³/mol. The van der Waals surface area contributed by atoms with Crippen LogP contribution in [0, 0.1) is 11.8 Å². The van der Waals surface area contributed by atoms with Crippen LogP contribution in [0.2, 0.25) is 0 Å². The summed E-state index contributed by atoms with van der Waals surface area (Å²) in [6, 6.07) is 0. The molecule has 0 saturated carbocycles. The number of ketones is 1. The van der Waals surface area contributed by atoms with Gasteiger partial charge < -0.3 is 5.32 Å². The second-order valence-electron chi connectivity index (χ2n) is 5.83. The third kappa shape index (κ3) is 3.10. The zero-order valence-electron chi connectivity index (χ0n) is 11.8. The molecule has 0 radical (unpaired) electrons. The van der Waals surface area contributed by atoms with Crippen LogP contribution in [0.5, 0.6) is 0 Å². The van der Waals surface area contributed by atoms with Crippen LogP contribution in [0.1, 0.15) is 31.9 Å². The first kappa shape index (κ1) is 13.8. The normalized spacial score (nSPS) is 21.1. The molecular weight excluding hydrogens is 270 g/mol. The van der Waals surface area contributed by atoms with Gasteiger partial charge >= 0.3 is 0 Å². The van der Waals surface area contributed by atoms with E-state index in [1.807, 2.05) is 22.2 Å². The number of carbonyl (C=O) groups excluding carboxylic acids is 1. The minimum absolute atomic E-state index is 0.314. The third-order valence-electron chi connectivity index (χ3n) is 4.21. The molecule has 0 spiro atoms. The lowest BCUT2D eigenvalue weighted by molar-refractivity contribution is -0.119. The van der Waals surface area contributed by atoms with Gasteiger partial charge in [0, 0.05) is 24.2 Å². The van der Waals surface area contributed by atoms with Gasteiger partial charge in [0.25, 0.3) is 0 Å². The summed E-state index contributed by atoms with van der Waals surface area (Å²) in [7, 11) is 0. The quantitative estimate of drug-likeness (QED) is 0.921. The first-order valence-corrected chi connectivity index (χ1v) is 8.24. The number of rotatable bonds is 5. The third-order valence-corrected chi connectivity index (χ3v) is 4.98. The van der Waals surface area contributed by atoms with Crippen molar-refractivity contribution >= 4 is 22.1 Å². The van der Waals surface area contributed by atoms with Crippen molar-refractivity contribution in [2.24, 2.45) is 11.8 Å². The molecule has 108 valence electrons. The highest BCUT2D eigenvalue weighted by Gasteiger charge is 2.22. The Balaban J connectivity index is 1.54. The first-order valence-electron chi connectivity index (χ1n) is 7.36. The van der Waals surface area contributed by atoms with Crippen molar-refractivity contribution in [1.29, 1.82) is 0 Å². The first-order chi connectivity index (χ1) is 9.72. The van der Waals surface area contributed by atoms with Crippen LogP contribution >= 0.6 is 11.3 Å². The zero-order chi connectivity index (χ0) is 13.9. The van der Waals surface area contributed by atoms with Gasteiger partial charge in [0.1, 0.15) is 5.78 Å². The Kier molecular flexibility index (Phi) is 4.17. The Hall–Kier alpha value is -1.20. The number of nitrogens with one attached hydrogen (secondary N) is 1. The van der Waals surface area contributed by atoms with E-state index in [9.17, 15) is 4.79 Å². The molecule has 3 rings (SSSR count). The van der Waals surface area contributed by atoms with E-state index in [4.69, 9.17) is 0 Å². The lowest BCUT2D eigenvalue weighted by atomic mass is 9.84. The Morgan fingerprint density at radius 2 is 2.55 bits per heavy atom. The average molecular weight is 291 g/mol. The number of imidazole rings is 1. The molecule has 4 nitrogen and oxygen atoms in total. The fraction of sp³-hybridized carbons (Fsp3) is 0.600. The van der Waals surface area contributed by atoms with Gasteiger partial charge in [0.05, 0.1) is 12.1 Å². The lowest BCUT2D eigenvalue weighted by Crippen LogP contribution is -2.34. The molecule has 1 fully saturated rings. The number of hydrogen-bond acceptors (Lipinski definition) is 4. The van der Waals surface area contributed by atoms with Gasteiger partial charge in [-0.05, 0) is 37.8 Å². The Morgan fingerprint density at radius 1 is 1.65 bits per heavy atom. The smallest absolute Gasteiger partial charge is 0.193 e. The van der Waals surface area contributed by atoms with Crippen LogP contribution in [0.4, 0.5) is 0 Å². The lowest BCUT2D eigenvalue weighted by Gasteiger charge is -2.27. The minimum atomic E-state index is 0.314. The van der Waals surface area contributed by atoms with E-state index in [1.165, 1.54) is 12.8 Å². The molecule has 1 N–H and O–H groups in total. The topological polar surface area (TPSA) is 46.4 Å². The van der Waals surface area contributed by atoms with Crippen LogP contribution in [0.25, 0.3) is 4.96 Å². The summed E-state index contributed by atoms with van der Waals surface area (Å²) in [5, 5.41) is 5.43. The SMILES string of the molecule is CC(CC(=O)Cc1cn2ccsc2n1)C1CCCNC1. The molecule has 2 unspecified atom stereocenters. The summed E-state index contributed by atoms with van der Waals surface area (Å²) in [5.74, 6) is 1.44. The molecule has 2 aromatic heterocycles. The van der Waals surface area contributed by atoms with Crippen molar-refractivity contribution in [1.82, 2.24) is 14.7 Å². The summed E-state index contributed by atoms with van der Waals surface area (Å²) in [4.78, 5) is 17.6. The number of nitrogens with zero attached hydrogens (tertiary/aromatic N) is 2. The highest BCUT2D eigenvalue weighted by molar-refractivity contribution is 7.15. The highest BCUT2D eigenvalue weighted by atomic mass is 32.1. The van der Waals surface area contributed by atoms with E-state index in [1.54, 1.807) is 11.3 Å². The zero-order valence-corrected chi connectivity index (χ0v) is 12.7. The van der Waals surface area contributed by atoms with Crippen molar-refractivity contribution in [2.45, 2.75) is 32.6 Å². The summed E-state index contributed by atoms with van der Waals surface area (Å²) < 4.78 is 1.99. The van der Waals surface area contributed by atoms with Crippen molar-refractivity contribution in [3.8, 4) is 0 Å².